The molecule has 0 amide bonds. The highest BCUT2D eigenvalue weighted by atomic mass is 16.6. The predicted octanol–water partition coefficient (Wildman–Crippen LogP) is 0.888. The molecular formula is C18H28O9. The number of carbonyl (C=O) groups is 1. The van der Waals surface area contributed by atoms with Gasteiger partial charge in [-0.3, -0.25) is 0 Å². The molecule has 1 unspecified atom stereocenters. The number of aliphatic hydroxyl groups excluding tert-OH is 1. The number of hydrogen-bond acceptors (Lipinski definition) is 8. The fourth-order valence-corrected chi connectivity index (χ4v) is 1.98. The first kappa shape index (κ1) is 23.1. The van der Waals surface area contributed by atoms with E-state index in [1.807, 2.05) is 0 Å². The van der Waals surface area contributed by atoms with Crippen LogP contribution >= 0.6 is 0 Å². The number of rotatable bonds is 16. The summed E-state index contributed by atoms with van der Waals surface area (Å²) in [5, 5.41) is 18.7. The van der Waals surface area contributed by atoms with Crippen molar-refractivity contribution in [1.82, 2.24) is 0 Å². The molecule has 0 radical (unpaired) electrons. The predicted molar refractivity (Wildman–Crippen MR) is 95.4 cm³/mol. The molecule has 0 aliphatic carbocycles. The molecule has 0 heterocycles. The van der Waals surface area contributed by atoms with Crippen LogP contribution in [0.15, 0.2) is 18.2 Å². The lowest BCUT2D eigenvalue weighted by molar-refractivity contribution is -0.146. The molecule has 9 nitrogen and oxygen atoms in total. The maximum absolute atomic E-state index is 11.0. The van der Waals surface area contributed by atoms with Crippen molar-refractivity contribution in [2.75, 3.05) is 67.1 Å². The molecule has 0 saturated carbocycles. The Morgan fingerprint density at radius 3 is 1.89 bits per heavy atom. The van der Waals surface area contributed by atoms with Crippen LogP contribution < -0.4 is 9.47 Å². The second-order valence-electron chi connectivity index (χ2n) is 5.35. The molecule has 1 atom stereocenters. The first-order valence-corrected chi connectivity index (χ1v) is 8.54. The quantitative estimate of drug-likeness (QED) is 0.399. The van der Waals surface area contributed by atoms with E-state index in [4.69, 9.17) is 33.5 Å². The minimum atomic E-state index is -1.64. The lowest BCUT2D eigenvalue weighted by Gasteiger charge is -2.15. The van der Waals surface area contributed by atoms with Crippen LogP contribution in [-0.2, 0) is 23.7 Å². The Balaban J connectivity index is 2.62. The van der Waals surface area contributed by atoms with Gasteiger partial charge in [-0.15, -0.1) is 0 Å². The van der Waals surface area contributed by atoms with Gasteiger partial charge in [-0.2, -0.15) is 0 Å². The number of hydrogen-bond donors (Lipinski definition) is 2. The van der Waals surface area contributed by atoms with Gasteiger partial charge in [0.25, 0.3) is 0 Å². The Labute approximate surface area is 158 Å². The van der Waals surface area contributed by atoms with Crippen molar-refractivity contribution in [2.24, 2.45) is 0 Å². The van der Waals surface area contributed by atoms with E-state index >= 15 is 0 Å². The molecule has 1 rings (SSSR count). The second kappa shape index (κ2) is 14.2. The van der Waals surface area contributed by atoms with Crippen molar-refractivity contribution in [3.8, 4) is 11.5 Å². The summed E-state index contributed by atoms with van der Waals surface area (Å²) in [6.45, 7) is 3.10. The first-order valence-electron chi connectivity index (χ1n) is 8.54. The number of aliphatic carboxylic acids is 1. The van der Waals surface area contributed by atoms with Crippen molar-refractivity contribution in [3.05, 3.63) is 23.8 Å². The van der Waals surface area contributed by atoms with Crippen LogP contribution in [0.25, 0.3) is 0 Å². The Morgan fingerprint density at radius 2 is 1.37 bits per heavy atom. The molecular weight excluding hydrogens is 360 g/mol. The third-order valence-electron chi connectivity index (χ3n) is 3.35. The Bertz CT molecular complexity index is 536. The summed E-state index contributed by atoms with van der Waals surface area (Å²) in [4.78, 5) is 11.0. The number of ether oxygens (including phenoxy) is 6. The van der Waals surface area contributed by atoms with Gasteiger partial charge in [-0.05, 0) is 17.7 Å². The van der Waals surface area contributed by atoms with Crippen molar-refractivity contribution in [2.45, 2.75) is 6.10 Å². The summed E-state index contributed by atoms with van der Waals surface area (Å²) >= 11 is 0. The van der Waals surface area contributed by atoms with E-state index in [1.165, 1.54) is 12.1 Å². The molecule has 1 aromatic carbocycles. The van der Waals surface area contributed by atoms with Crippen LogP contribution in [-0.4, -0.2) is 83.3 Å². The molecule has 0 aliphatic heterocycles. The zero-order valence-corrected chi connectivity index (χ0v) is 15.7. The number of benzene rings is 1. The van der Waals surface area contributed by atoms with Crippen LogP contribution in [0.5, 0.6) is 11.5 Å². The SMILES string of the molecule is COCCOCCOc1ccc(C(O)C(=O)O)cc1OCCOCCOC. The molecule has 0 bridgehead atoms. The van der Waals surface area contributed by atoms with Crippen LogP contribution in [0, 0.1) is 0 Å². The van der Waals surface area contributed by atoms with Crippen molar-refractivity contribution >= 4 is 5.97 Å². The Hall–Kier alpha value is -1.91. The third-order valence-corrected chi connectivity index (χ3v) is 3.35. The van der Waals surface area contributed by atoms with Gasteiger partial charge in [0.1, 0.15) is 13.2 Å². The van der Waals surface area contributed by atoms with Gasteiger partial charge in [0.05, 0.1) is 39.6 Å². The number of methoxy groups -OCH3 is 2. The summed E-state index contributed by atoms with van der Waals surface area (Å²) in [5.74, 6) is -0.604. The van der Waals surface area contributed by atoms with Gasteiger partial charge in [0, 0.05) is 14.2 Å². The van der Waals surface area contributed by atoms with Gasteiger partial charge in [0.15, 0.2) is 17.6 Å². The molecule has 1 aromatic rings. The maximum atomic E-state index is 11.0. The Morgan fingerprint density at radius 1 is 0.852 bits per heavy atom. The summed E-state index contributed by atoms with van der Waals surface area (Å²) in [6, 6.07) is 4.47. The molecule has 27 heavy (non-hydrogen) atoms. The van der Waals surface area contributed by atoms with Gasteiger partial charge >= 0.3 is 5.97 Å². The number of carboxylic acid groups (broad SMARTS) is 1. The minimum absolute atomic E-state index is 0.196. The van der Waals surface area contributed by atoms with Crippen LogP contribution in [0.2, 0.25) is 0 Å². The zero-order valence-electron chi connectivity index (χ0n) is 15.7. The molecule has 0 fully saturated rings. The largest absolute Gasteiger partial charge is 0.487 e. The molecule has 0 aromatic heterocycles. The van der Waals surface area contributed by atoms with Crippen LogP contribution in [0.1, 0.15) is 11.7 Å². The summed E-state index contributed by atoms with van der Waals surface area (Å²) in [5.41, 5.74) is 0.196. The second-order valence-corrected chi connectivity index (χ2v) is 5.35. The van der Waals surface area contributed by atoms with E-state index in [1.54, 1.807) is 20.3 Å². The molecule has 9 heteroatoms. The van der Waals surface area contributed by atoms with Crippen molar-refractivity contribution in [3.63, 3.8) is 0 Å². The normalized spacial score (nSPS) is 12.0. The average molecular weight is 388 g/mol. The monoisotopic (exact) mass is 388 g/mol. The number of aliphatic hydroxyl groups is 1. The van der Waals surface area contributed by atoms with Crippen LogP contribution in [0.4, 0.5) is 0 Å². The van der Waals surface area contributed by atoms with E-state index < -0.39 is 12.1 Å². The summed E-state index contributed by atoms with van der Waals surface area (Å²) in [6.07, 6.45) is -1.64. The van der Waals surface area contributed by atoms with Crippen LogP contribution in [0.3, 0.4) is 0 Å². The van der Waals surface area contributed by atoms with E-state index in [0.29, 0.717) is 51.1 Å². The van der Waals surface area contributed by atoms with E-state index in [0.717, 1.165) is 0 Å². The van der Waals surface area contributed by atoms with Gasteiger partial charge in [-0.1, -0.05) is 6.07 Å². The maximum Gasteiger partial charge on any atom is 0.337 e. The highest BCUT2D eigenvalue weighted by Gasteiger charge is 2.18. The lowest BCUT2D eigenvalue weighted by Crippen LogP contribution is -2.14. The van der Waals surface area contributed by atoms with Crippen molar-refractivity contribution < 1.29 is 43.4 Å². The number of carboxylic acids is 1. The Kier molecular flexibility index (Phi) is 12.2. The molecule has 0 saturated heterocycles. The molecule has 0 aliphatic rings. The summed E-state index contributed by atoms with van der Waals surface area (Å²) < 4.78 is 31.7. The zero-order chi connectivity index (χ0) is 19.9. The fourth-order valence-electron chi connectivity index (χ4n) is 1.98. The smallest absolute Gasteiger partial charge is 0.337 e. The van der Waals surface area contributed by atoms with E-state index in [2.05, 4.69) is 0 Å². The molecule has 154 valence electrons. The van der Waals surface area contributed by atoms with Gasteiger partial charge < -0.3 is 38.6 Å². The fraction of sp³-hybridized carbons (Fsp3) is 0.611. The lowest BCUT2D eigenvalue weighted by atomic mass is 10.1. The van der Waals surface area contributed by atoms with E-state index in [-0.39, 0.29) is 18.8 Å². The third kappa shape index (κ3) is 9.55. The van der Waals surface area contributed by atoms with Crippen molar-refractivity contribution in [1.29, 1.82) is 0 Å². The highest BCUT2D eigenvalue weighted by Crippen LogP contribution is 2.30. The first-order chi connectivity index (χ1) is 13.1. The van der Waals surface area contributed by atoms with Gasteiger partial charge in [0.2, 0.25) is 0 Å². The molecule has 2 N–H and O–H groups in total. The average Bonchev–Trinajstić information content (AvgIpc) is 2.67. The van der Waals surface area contributed by atoms with Gasteiger partial charge in [-0.25, -0.2) is 4.79 Å². The standard InChI is InChI=1S/C18H28O9/c1-22-5-7-24-9-11-26-15-4-3-14(17(19)18(20)21)13-16(15)27-12-10-25-8-6-23-2/h3-4,13,17,19H,5-12H2,1-2H3,(H,20,21). The summed E-state index contributed by atoms with van der Waals surface area (Å²) in [7, 11) is 3.18. The van der Waals surface area contributed by atoms with E-state index in [9.17, 15) is 9.90 Å². The topological polar surface area (TPSA) is 113 Å². The molecule has 0 spiro atoms. The minimum Gasteiger partial charge on any atom is -0.487 e. The highest BCUT2D eigenvalue weighted by molar-refractivity contribution is 5.74.